The number of aliphatic hydroxyl groups excluding tert-OH is 1. The highest BCUT2D eigenvalue weighted by Crippen LogP contribution is 2.33. The van der Waals surface area contributed by atoms with E-state index in [1.165, 1.54) is 11.8 Å². The normalized spacial score (nSPS) is 11.6. The SMILES string of the molecule is C=C/C=C(/c1cc(C)nc2c(OCc3c(Cl)cncc3SCCO)cccc12)N(C)C. The first-order valence-electron chi connectivity index (χ1n) is 9.85. The van der Waals surface area contributed by atoms with Gasteiger partial charge in [-0.05, 0) is 25.1 Å². The van der Waals surface area contributed by atoms with Crippen molar-refractivity contribution >= 4 is 40.0 Å². The summed E-state index contributed by atoms with van der Waals surface area (Å²) in [7, 11) is 4.02. The van der Waals surface area contributed by atoms with Crippen LogP contribution in [-0.2, 0) is 6.61 Å². The Morgan fingerprint density at radius 3 is 2.84 bits per heavy atom. The molecule has 3 rings (SSSR count). The Labute approximate surface area is 192 Å². The number of para-hydroxylation sites is 1. The van der Waals surface area contributed by atoms with Crippen LogP contribution in [0.3, 0.4) is 0 Å². The molecule has 0 atom stereocenters. The van der Waals surface area contributed by atoms with Gasteiger partial charge in [0, 0.05) is 65.0 Å². The maximum atomic E-state index is 9.16. The lowest BCUT2D eigenvalue weighted by Gasteiger charge is -2.20. The Bertz CT molecular complexity index is 1120. The molecule has 0 fully saturated rings. The number of aliphatic hydroxyl groups is 1. The van der Waals surface area contributed by atoms with E-state index in [0.29, 0.717) is 16.5 Å². The number of hydrogen-bond donors (Lipinski definition) is 1. The second-order valence-corrected chi connectivity index (χ2v) is 8.65. The number of rotatable bonds is 9. The molecule has 3 aromatic rings. The van der Waals surface area contributed by atoms with E-state index in [4.69, 9.17) is 26.4 Å². The van der Waals surface area contributed by atoms with E-state index >= 15 is 0 Å². The molecule has 0 aliphatic carbocycles. The van der Waals surface area contributed by atoms with Crippen LogP contribution >= 0.6 is 23.4 Å². The number of ether oxygens (including phenoxy) is 1. The highest BCUT2D eigenvalue weighted by molar-refractivity contribution is 7.99. The summed E-state index contributed by atoms with van der Waals surface area (Å²) in [6, 6.07) is 8.01. The van der Waals surface area contributed by atoms with Gasteiger partial charge in [-0.3, -0.25) is 4.98 Å². The van der Waals surface area contributed by atoms with Crippen LogP contribution in [0.2, 0.25) is 5.02 Å². The minimum Gasteiger partial charge on any atom is -0.487 e. The number of aromatic nitrogens is 2. The van der Waals surface area contributed by atoms with Gasteiger partial charge in [-0.2, -0.15) is 0 Å². The quantitative estimate of drug-likeness (QED) is 0.347. The van der Waals surface area contributed by atoms with E-state index in [1.54, 1.807) is 18.5 Å². The Balaban J connectivity index is 2.02. The smallest absolute Gasteiger partial charge is 0.146 e. The second-order valence-electron chi connectivity index (χ2n) is 7.10. The van der Waals surface area contributed by atoms with Crippen LogP contribution in [0.4, 0.5) is 0 Å². The molecule has 1 N–H and O–H groups in total. The first-order chi connectivity index (χ1) is 15.0. The third-order valence-corrected chi connectivity index (χ3v) is 6.03. The number of pyridine rings is 2. The van der Waals surface area contributed by atoms with Gasteiger partial charge in [0.1, 0.15) is 17.9 Å². The molecule has 5 nitrogen and oxygen atoms in total. The van der Waals surface area contributed by atoms with Crippen LogP contribution in [-0.4, -0.2) is 46.4 Å². The van der Waals surface area contributed by atoms with Crippen LogP contribution in [0.25, 0.3) is 16.6 Å². The molecule has 0 aliphatic rings. The molecule has 0 aliphatic heterocycles. The fraction of sp³-hybridized carbons (Fsp3) is 0.250. The molecule has 0 bridgehead atoms. The van der Waals surface area contributed by atoms with Gasteiger partial charge in [0.25, 0.3) is 0 Å². The molecule has 7 heteroatoms. The fourth-order valence-corrected chi connectivity index (χ4v) is 4.34. The molecule has 0 unspecified atom stereocenters. The van der Waals surface area contributed by atoms with E-state index in [1.807, 2.05) is 45.3 Å². The van der Waals surface area contributed by atoms with Crippen molar-refractivity contribution in [3.8, 4) is 5.75 Å². The van der Waals surface area contributed by atoms with Crippen molar-refractivity contribution in [3.63, 3.8) is 0 Å². The van der Waals surface area contributed by atoms with Gasteiger partial charge in [0.2, 0.25) is 0 Å². The number of fused-ring (bicyclic) bond motifs is 1. The van der Waals surface area contributed by atoms with E-state index in [-0.39, 0.29) is 13.2 Å². The molecular formula is C24H26ClN3O2S. The van der Waals surface area contributed by atoms with Crippen LogP contribution in [0, 0.1) is 6.92 Å². The summed E-state index contributed by atoms with van der Waals surface area (Å²) in [6.45, 7) is 6.19. The van der Waals surface area contributed by atoms with E-state index in [0.717, 1.165) is 38.3 Å². The van der Waals surface area contributed by atoms with E-state index < -0.39 is 0 Å². The minimum absolute atomic E-state index is 0.0825. The third-order valence-electron chi connectivity index (χ3n) is 4.65. The average molecular weight is 456 g/mol. The van der Waals surface area contributed by atoms with Gasteiger partial charge in [0.15, 0.2) is 0 Å². The summed E-state index contributed by atoms with van der Waals surface area (Å²) in [5, 5.41) is 10.7. The maximum absolute atomic E-state index is 9.16. The van der Waals surface area contributed by atoms with Crippen molar-refractivity contribution in [2.45, 2.75) is 18.4 Å². The molecular weight excluding hydrogens is 430 g/mol. The standard InChI is InChI=1S/C24H26ClN3O2S/c1-5-7-21(28(3)4)18-12-16(2)27-24-17(18)8-6-9-22(24)30-15-19-20(25)13-26-14-23(19)31-11-10-29/h5-9,12-14,29H,1,10-11,15H2,2-4H3/b21-7-. The van der Waals surface area contributed by atoms with Crippen LogP contribution in [0.5, 0.6) is 5.75 Å². The second kappa shape index (κ2) is 10.7. The van der Waals surface area contributed by atoms with E-state index in [2.05, 4.69) is 22.5 Å². The van der Waals surface area contributed by atoms with Crippen molar-refractivity contribution < 1.29 is 9.84 Å². The molecule has 2 heterocycles. The zero-order valence-corrected chi connectivity index (χ0v) is 19.5. The topological polar surface area (TPSA) is 58.5 Å². The summed E-state index contributed by atoms with van der Waals surface area (Å²) in [5.74, 6) is 1.25. The monoisotopic (exact) mass is 455 g/mol. The predicted octanol–water partition coefficient (Wildman–Crippen LogP) is 5.34. The zero-order valence-electron chi connectivity index (χ0n) is 17.9. The summed E-state index contributed by atoms with van der Waals surface area (Å²) < 4.78 is 6.21. The molecule has 0 radical (unpaired) electrons. The lowest BCUT2D eigenvalue weighted by atomic mass is 10.0. The lowest BCUT2D eigenvalue weighted by molar-refractivity contribution is 0.306. The first-order valence-corrected chi connectivity index (χ1v) is 11.2. The summed E-state index contributed by atoms with van der Waals surface area (Å²) in [4.78, 5) is 11.9. The molecule has 0 saturated heterocycles. The molecule has 1 aromatic carbocycles. The summed E-state index contributed by atoms with van der Waals surface area (Å²) in [6.07, 6.45) is 7.13. The number of thioether (sulfide) groups is 1. The Kier molecular flexibility index (Phi) is 7.96. The Morgan fingerprint density at radius 2 is 2.13 bits per heavy atom. The molecule has 162 valence electrons. The summed E-state index contributed by atoms with van der Waals surface area (Å²) >= 11 is 7.90. The van der Waals surface area contributed by atoms with Gasteiger partial charge in [-0.15, -0.1) is 11.8 Å². The van der Waals surface area contributed by atoms with Crippen molar-refractivity contribution in [2.75, 3.05) is 26.5 Å². The number of benzene rings is 1. The molecule has 0 amide bonds. The van der Waals surface area contributed by atoms with Crippen molar-refractivity contribution in [2.24, 2.45) is 0 Å². The third kappa shape index (κ3) is 5.39. The zero-order chi connectivity index (χ0) is 22.4. The number of allylic oxidation sites excluding steroid dienone is 2. The molecule has 2 aromatic heterocycles. The fourth-order valence-electron chi connectivity index (χ4n) is 3.28. The van der Waals surface area contributed by atoms with Gasteiger partial charge in [0.05, 0.1) is 11.6 Å². The number of aryl methyl sites for hydroxylation is 1. The molecule has 31 heavy (non-hydrogen) atoms. The predicted molar refractivity (Wildman–Crippen MR) is 130 cm³/mol. The van der Waals surface area contributed by atoms with Gasteiger partial charge >= 0.3 is 0 Å². The van der Waals surface area contributed by atoms with Crippen molar-refractivity contribution in [1.29, 1.82) is 0 Å². The highest BCUT2D eigenvalue weighted by atomic mass is 35.5. The van der Waals surface area contributed by atoms with Gasteiger partial charge in [-0.25, -0.2) is 4.98 Å². The molecule has 0 spiro atoms. The average Bonchev–Trinajstić information content (AvgIpc) is 2.74. The van der Waals surface area contributed by atoms with Gasteiger partial charge in [-0.1, -0.05) is 36.4 Å². The first kappa shape index (κ1) is 23.1. The van der Waals surface area contributed by atoms with Crippen molar-refractivity contribution in [3.05, 3.63) is 77.2 Å². The largest absolute Gasteiger partial charge is 0.487 e. The maximum Gasteiger partial charge on any atom is 0.146 e. The lowest BCUT2D eigenvalue weighted by Crippen LogP contribution is -2.11. The Hall–Kier alpha value is -2.54. The van der Waals surface area contributed by atoms with Gasteiger partial charge < -0.3 is 14.7 Å². The van der Waals surface area contributed by atoms with Crippen molar-refractivity contribution in [1.82, 2.24) is 14.9 Å². The van der Waals surface area contributed by atoms with Crippen LogP contribution in [0.15, 0.2) is 60.3 Å². The minimum atomic E-state index is 0.0825. The summed E-state index contributed by atoms with van der Waals surface area (Å²) in [5.41, 5.74) is 4.66. The number of nitrogens with zero attached hydrogens (tertiary/aromatic N) is 3. The van der Waals surface area contributed by atoms with Crippen LogP contribution < -0.4 is 4.74 Å². The highest BCUT2D eigenvalue weighted by Gasteiger charge is 2.15. The number of hydrogen-bond acceptors (Lipinski definition) is 6. The Morgan fingerprint density at radius 1 is 1.32 bits per heavy atom. The van der Waals surface area contributed by atoms with E-state index in [9.17, 15) is 0 Å². The molecule has 0 saturated carbocycles. The number of halogens is 1. The van der Waals surface area contributed by atoms with Crippen LogP contribution in [0.1, 0.15) is 16.8 Å².